The molecule has 2 aromatic rings. The number of nitrogens with zero attached hydrogens (tertiary/aromatic N) is 1. The molecule has 0 atom stereocenters. The summed E-state index contributed by atoms with van der Waals surface area (Å²) in [7, 11) is 0. The predicted octanol–water partition coefficient (Wildman–Crippen LogP) is 3.12. The second-order valence-electron chi connectivity index (χ2n) is 4.27. The number of Topliss-reactive ketones (excluding diaryl/α,β-unsaturated/α-hetero) is 1. The molecule has 0 aliphatic rings. The van der Waals surface area contributed by atoms with E-state index in [1.165, 1.54) is 0 Å². The van der Waals surface area contributed by atoms with Crippen molar-refractivity contribution in [2.75, 3.05) is 0 Å². The predicted molar refractivity (Wildman–Crippen MR) is 68.2 cm³/mol. The highest BCUT2D eigenvalue weighted by molar-refractivity contribution is 5.98. The summed E-state index contributed by atoms with van der Waals surface area (Å²) >= 11 is 0. The van der Waals surface area contributed by atoms with Crippen LogP contribution in [0, 0.1) is 13.8 Å². The SMILES string of the molecule is Cc1ccc(C)c(C(=O)Cc2ccncc2)c1. The van der Waals surface area contributed by atoms with E-state index in [4.69, 9.17) is 0 Å². The lowest BCUT2D eigenvalue weighted by molar-refractivity contribution is 0.0992. The maximum atomic E-state index is 12.2. The van der Waals surface area contributed by atoms with Crippen LogP contribution in [0.3, 0.4) is 0 Å². The molecule has 0 bridgehead atoms. The topological polar surface area (TPSA) is 30.0 Å². The Bertz CT molecular complexity index is 532. The summed E-state index contributed by atoms with van der Waals surface area (Å²) in [4.78, 5) is 16.1. The van der Waals surface area contributed by atoms with Gasteiger partial charge in [0.25, 0.3) is 0 Å². The van der Waals surface area contributed by atoms with E-state index in [1.807, 2.05) is 44.2 Å². The zero-order valence-electron chi connectivity index (χ0n) is 10.1. The van der Waals surface area contributed by atoms with Gasteiger partial charge in [-0.3, -0.25) is 9.78 Å². The summed E-state index contributed by atoms with van der Waals surface area (Å²) in [6.45, 7) is 3.97. The number of hydrogen-bond donors (Lipinski definition) is 0. The van der Waals surface area contributed by atoms with E-state index in [0.717, 1.165) is 22.3 Å². The Kier molecular flexibility index (Phi) is 3.33. The Labute approximate surface area is 101 Å². The molecule has 2 nitrogen and oxygen atoms in total. The second-order valence-corrected chi connectivity index (χ2v) is 4.27. The molecule has 17 heavy (non-hydrogen) atoms. The molecule has 0 fully saturated rings. The standard InChI is InChI=1S/C15H15NO/c1-11-3-4-12(2)14(9-11)15(17)10-13-5-7-16-8-6-13/h3-9H,10H2,1-2H3. The minimum Gasteiger partial charge on any atom is -0.294 e. The second kappa shape index (κ2) is 4.91. The van der Waals surface area contributed by atoms with Crippen molar-refractivity contribution in [3.05, 3.63) is 65.0 Å². The number of pyridine rings is 1. The van der Waals surface area contributed by atoms with Crippen LogP contribution in [0.2, 0.25) is 0 Å². The van der Waals surface area contributed by atoms with E-state index in [1.54, 1.807) is 12.4 Å². The molecule has 2 rings (SSSR count). The first-order valence-corrected chi connectivity index (χ1v) is 5.66. The number of aromatic nitrogens is 1. The third kappa shape index (κ3) is 2.78. The summed E-state index contributed by atoms with van der Waals surface area (Å²) < 4.78 is 0. The monoisotopic (exact) mass is 225 g/mol. The van der Waals surface area contributed by atoms with E-state index in [-0.39, 0.29) is 5.78 Å². The van der Waals surface area contributed by atoms with E-state index in [2.05, 4.69) is 4.98 Å². The molecule has 0 aliphatic heterocycles. The van der Waals surface area contributed by atoms with Crippen LogP contribution in [0.25, 0.3) is 0 Å². The maximum Gasteiger partial charge on any atom is 0.167 e. The summed E-state index contributed by atoms with van der Waals surface area (Å²) in [6, 6.07) is 9.73. The van der Waals surface area contributed by atoms with Gasteiger partial charge in [0.1, 0.15) is 0 Å². The number of aryl methyl sites for hydroxylation is 2. The first-order valence-electron chi connectivity index (χ1n) is 5.66. The fourth-order valence-corrected chi connectivity index (χ4v) is 1.82. The first kappa shape index (κ1) is 11.5. The van der Waals surface area contributed by atoms with Gasteiger partial charge in [-0.15, -0.1) is 0 Å². The van der Waals surface area contributed by atoms with Crippen LogP contribution in [0.4, 0.5) is 0 Å². The highest BCUT2D eigenvalue weighted by Gasteiger charge is 2.09. The average Bonchev–Trinajstić information content (AvgIpc) is 2.33. The van der Waals surface area contributed by atoms with Crippen LogP contribution >= 0.6 is 0 Å². The van der Waals surface area contributed by atoms with Crippen molar-refractivity contribution in [3.8, 4) is 0 Å². The third-order valence-corrected chi connectivity index (χ3v) is 2.81. The Balaban J connectivity index is 2.23. The van der Waals surface area contributed by atoms with Crippen molar-refractivity contribution in [2.24, 2.45) is 0 Å². The van der Waals surface area contributed by atoms with Gasteiger partial charge in [0.15, 0.2) is 5.78 Å². The molecule has 0 spiro atoms. The number of hydrogen-bond acceptors (Lipinski definition) is 2. The van der Waals surface area contributed by atoms with E-state index in [9.17, 15) is 4.79 Å². The van der Waals surface area contributed by atoms with Crippen LogP contribution in [-0.2, 0) is 6.42 Å². The van der Waals surface area contributed by atoms with Crippen molar-refractivity contribution in [3.63, 3.8) is 0 Å². The number of ketones is 1. The first-order chi connectivity index (χ1) is 8.16. The van der Waals surface area contributed by atoms with Crippen LogP contribution in [0.15, 0.2) is 42.7 Å². The van der Waals surface area contributed by atoms with Gasteiger partial charge >= 0.3 is 0 Å². The number of rotatable bonds is 3. The fourth-order valence-electron chi connectivity index (χ4n) is 1.82. The molecule has 1 aromatic heterocycles. The molecule has 0 amide bonds. The molecule has 0 N–H and O–H groups in total. The van der Waals surface area contributed by atoms with Gasteiger partial charge in [0.2, 0.25) is 0 Å². The summed E-state index contributed by atoms with van der Waals surface area (Å²) in [6.07, 6.45) is 3.87. The minimum atomic E-state index is 0.164. The molecular formula is C15H15NO. The van der Waals surface area contributed by atoms with Crippen molar-refractivity contribution >= 4 is 5.78 Å². The van der Waals surface area contributed by atoms with Crippen LogP contribution in [0.1, 0.15) is 27.0 Å². The molecule has 1 aromatic carbocycles. The van der Waals surface area contributed by atoms with E-state index < -0.39 is 0 Å². The normalized spacial score (nSPS) is 10.2. The number of carbonyl (C=O) groups excluding carboxylic acids is 1. The van der Waals surface area contributed by atoms with Gasteiger partial charge < -0.3 is 0 Å². The number of benzene rings is 1. The van der Waals surface area contributed by atoms with Gasteiger partial charge in [0, 0.05) is 24.4 Å². The zero-order chi connectivity index (χ0) is 12.3. The smallest absolute Gasteiger partial charge is 0.167 e. The van der Waals surface area contributed by atoms with E-state index >= 15 is 0 Å². The Morgan fingerprint density at radius 1 is 1.12 bits per heavy atom. The lowest BCUT2D eigenvalue weighted by Crippen LogP contribution is -2.06. The molecular weight excluding hydrogens is 210 g/mol. The average molecular weight is 225 g/mol. The third-order valence-electron chi connectivity index (χ3n) is 2.81. The molecule has 0 aliphatic carbocycles. The summed E-state index contributed by atoms with van der Waals surface area (Å²) in [5.74, 6) is 0.164. The van der Waals surface area contributed by atoms with Crippen molar-refractivity contribution in [2.45, 2.75) is 20.3 Å². The molecule has 1 heterocycles. The maximum absolute atomic E-state index is 12.2. The fraction of sp³-hybridized carbons (Fsp3) is 0.200. The van der Waals surface area contributed by atoms with Crippen molar-refractivity contribution in [1.29, 1.82) is 0 Å². The Morgan fingerprint density at radius 2 is 1.82 bits per heavy atom. The van der Waals surface area contributed by atoms with Gasteiger partial charge in [0.05, 0.1) is 0 Å². The molecule has 2 heteroatoms. The highest BCUT2D eigenvalue weighted by atomic mass is 16.1. The molecule has 86 valence electrons. The zero-order valence-corrected chi connectivity index (χ0v) is 10.1. The van der Waals surface area contributed by atoms with Gasteiger partial charge in [-0.25, -0.2) is 0 Å². The molecule has 0 saturated carbocycles. The Morgan fingerprint density at radius 3 is 2.53 bits per heavy atom. The van der Waals surface area contributed by atoms with Crippen molar-refractivity contribution < 1.29 is 4.79 Å². The lowest BCUT2D eigenvalue weighted by Gasteiger charge is -2.06. The van der Waals surface area contributed by atoms with Crippen molar-refractivity contribution in [1.82, 2.24) is 4.98 Å². The Hall–Kier alpha value is -1.96. The van der Waals surface area contributed by atoms with Gasteiger partial charge in [-0.05, 0) is 43.2 Å². The van der Waals surface area contributed by atoms with E-state index in [0.29, 0.717) is 6.42 Å². The molecule has 0 saturated heterocycles. The number of carbonyl (C=O) groups is 1. The molecule has 0 radical (unpaired) electrons. The van der Waals surface area contributed by atoms with Crippen LogP contribution < -0.4 is 0 Å². The molecule has 0 unspecified atom stereocenters. The largest absolute Gasteiger partial charge is 0.294 e. The summed E-state index contributed by atoms with van der Waals surface area (Å²) in [5, 5.41) is 0. The van der Waals surface area contributed by atoms with Crippen LogP contribution in [-0.4, -0.2) is 10.8 Å². The van der Waals surface area contributed by atoms with Gasteiger partial charge in [-0.2, -0.15) is 0 Å². The quantitative estimate of drug-likeness (QED) is 0.751. The van der Waals surface area contributed by atoms with Gasteiger partial charge in [-0.1, -0.05) is 17.7 Å². The minimum absolute atomic E-state index is 0.164. The van der Waals surface area contributed by atoms with Crippen LogP contribution in [0.5, 0.6) is 0 Å². The summed E-state index contributed by atoms with van der Waals surface area (Å²) in [5.41, 5.74) is 3.98. The highest BCUT2D eigenvalue weighted by Crippen LogP contribution is 2.13. The lowest BCUT2D eigenvalue weighted by atomic mass is 9.98.